The largest absolute Gasteiger partial charge is 0.474 e. The number of nitrogen functional groups attached to an aromatic ring is 1. The molecule has 3 heterocycles. The Morgan fingerprint density at radius 1 is 1.11 bits per heavy atom. The maximum absolute atomic E-state index is 12.9. The van der Waals surface area contributed by atoms with E-state index in [0.29, 0.717) is 18.0 Å². The number of rotatable bonds is 4. The molecule has 0 bridgehead atoms. The molecule has 4 rings (SSSR count). The first-order valence-corrected chi connectivity index (χ1v) is 9.69. The molecule has 142 valence electrons. The number of hydrogen-bond donors (Lipinski definition) is 1. The Morgan fingerprint density at radius 2 is 1.96 bits per heavy atom. The van der Waals surface area contributed by atoms with Gasteiger partial charge in [-0.3, -0.25) is 4.79 Å². The van der Waals surface area contributed by atoms with Gasteiger partial charge in [0.2, 0.25) is 11.8 Å². The van der Waals surface area contributed by atoms with E-state index in [4.69, 9.17) is 10.5 Å². The van der Waals surface area contributed by atoms with Crippen molar-refractivity contribution in [3.63, 3.8) is 0 Å². The van der Waals surface area contributed by atoms with Crippen molar-refractivity contribution in [1.29, 1.82) is 0 Å². The van der Waals surface area contributed by atoms with Gasteiger partial charge >= 0.3 is 0 Å². The Morgan fingerprint density at radius 3 is 2.70 bits per heavy atom. The van der Waals surface area contributed by atoms with Crippen molar-refractivity contribution in [1.82, 2.24) is 19.9 Å². The van der Waals surface area contributed by atoms with Gasteiger partial charge in [-0.05, 0) is 50.7 Å². The molecule has 7 heteroatoms. The van der Waals surface area contributed by atoms with Crippen LogP contribution in [0.15, 0.2) is 30.6 Å². The minimum absolute atomic E-state index is 0.00152. The normalized spacial score (nSPS) is 20.6. The lowest BCUT2D eigenvalue weighted by Gasteiger charge is -2.32. The monoisotopic (exact) mass is 367 g/mol. The van der Waals surface area contributed by atoms with Crippen LogP contribution in [0, 0.1) is 0 Å². The highest BCUT2D eigenvalue weighted by Gasteiger charge is 2.27. The standard InChI is InChI=1S/C20H25N5O2/c21-20-22-10-9-17(24-20)15-4-3-11-25(13-15)19(26)14-7-8-18(23-12-14)27-16-5-1-2-6-16/h7-10,12,15-16H,1-6,11,13H2,(H2,21,22,24). The minimum Gasteiger partial charge on any atom is -0.474 e. The third kappa shape index (κ3) is 4.18. The first-order chi connectivity index (χ1) is 13.2. The van der Waals surface area contributed by atoms with Gasteiger partial charge in [0, 0.05) is 37.5 Å². The fourth-order valence-corrected chi connectivity index (χ4v) is 3.95. The number of amides is 1. The van der Waals surface area contributed by atoms with Crippen molar-refractivity contribution in [3.8, 4) is 5.88 Å². The topological polar surface area (TPSA) is 94.2 Å². The molecule has 7 nitrogen and oxygen atoms in total. The van der Waals surface area contributed by atoms with Crippen LogP contribution in [-0.4, -0.2) is 45.0 Å². The van der Waals surface area contributed by atoms with E-state index in [1.165, 1.54) is 12.8 Å². The molecule has 0 radical (unpaired) electrons. The molecule has 0 spiro atoms. The molecule has 1 amide bonds. The SMILES string of the molecule is Nc1nccc(C2CCCN(C(=O)c3ccc(OC4CCCC4)nc3)C2)n1. The second-order valence-corrected chi connectivity index (χ2v) is 7.34. The van der Waals surface area contributed by atoms with Gasteiger partial charge in [-0.15, -0.1) is 0 Å². The molecule has 1 atom stereocenters. The Hall–Kier alpha value is -2.70. The molecule has 2 aromatic rings. The van der Waals surface area contributed by atoms with Crippen LogP contribution in [0.1, 0.15) is 60.5 Å². The number of carbonyl (C=O) groups is 1. The van der Waals surface area contributed by atoms with Gasteiger partial charge in [-0.1, -0.05) is 0 Å². The number of pyridine rings is 1. The third-order valence-electron chi connectivity index (χ3n) is 5.40. The van der Waals surface area contributed by atoms with Crippen LogP contribution >= 0.6 is 0 Å². The second kappa shape index (κ2) is 7.90. The van der Waals surface area contributed by atoms with Gasteiger partial charge in [0.25, 0.3) is 5.91 Å². The number of aromatic nitrogens is 3. The third-order valence-corrected chi connectivity index (χ3v) is 5.40. The maximum atomic E-state index is 12.9. The number of anilines is 1. The predicted molar refractivity (Wildman–Crippen MR) is 101 cm³/mol. The van der Waals surface area contributed by atoms with Crippen molar-refractivity contribution < 1.29 is 9.53 Å². The lowest BCUT2D eigenvalue weighted by Crippen LogP contribution is -2.39. The first-order valence-electron chi connectivity index (χ1n) is 9.69. The molecule has 1 aliphatic heterocycles. The Labute approximate surface area is 159 Å². The lowest BCUT2D eigenvalue weighted by molar-refractivity contribution is 0.0705. The summed E-state index contributed by atoms with van der Waals surface area (Å²) in [6.07, 6.45) is 10.1. The lowest BCUT2D eigenvalue weighted by atomic mass is 9.94. The van der Waals surface area contributed by atoms with Crippen molar-refractivity contribution in [2.75, 3.05) is 18.8 Å². The molecule has 1 aliphatic carbocycles. The van der Waals surface area contributed by atoms with E-state index in [-0.39, 0.29) is 23.9 Å². The average molecular weight is 367 g/mol. The van der Waals surface area contributed by atoms with Gasteiger partial charge < -0.3 is 15.4 Å². The van der Waals surface area contributed by atoms with E-state index >= 15 is 0 Å². The van der Waals surface area contributed by atoms with Crippen LogP contribution < -0.4 is 10.5 Å². The molecule has 2 fully saturated rings. The number of nitrogens with two attached hydrogens (primary N) is 1. The fourth-order valence-electron chi connectivity index (χ4n) is 3.95. The molecule has 1 saturated carbocycles. The van der Waals surface area contributed by atoms with Gasteiger partial charge in [0.1, 0.15) is 6.10 Å². The zero-order valence-electron chi connectivity index (χ0n) is 15.4. The molecular formula is C20H25N5O2. The van der Waals surface area contributed by atoms with E-state index in [2.05, 4.69) is 15.0 Å². The molecule has 0 aromatic carbocycles. The smallest absolute Gasteiger partial charge is 0.255 e. The number of ether oxygens (including phenoxy) is 1. The highest BCUT2D eigenvalue weighted by Crippen LogP contribution is 2.27. The molecule has 1 saturated heterocycles. The van der Waals surface area contributed by atoms with Gasteiger partial charge in [0.05, 0.1) is 11.3 Å². The fraction of sp³-hybridized carbons (Fsp3) is 0.500. The molecule has 2 aliphatic rings. The number of carbonyl (C=O) groups excluding carboxylic acids is 1. The average Bonchev–Trinajstić information content (AvgIpc) is 3.21. The Balaban J connectivity index is 1.40. The zero-order valence-corrected chi connectivity index (χ0v) is 15.4. The van der Waals surface area contributed by atoms with Crippen LogP contribution in [-0.2, 0) is 0 Å². The van der Waals surface area contributed by atoms with Crippen molar-refractivity contribution >= 4 is 11.9 Å². The van der Waals surface area contributed by atoms with Crippen LogP contribution in [0.2, 0.25) is 0 Å². The predicted octanol–water partition coefficient (Wildman–Crippen LogP) is 2.80. The Kier molecular flexibility index (Phi) is 5.18. The van der Waals surface area contributed by atoms with Crippen LogP contribution in [0.4, 0.5) is 5.95 Å². The zero-order chi connectivity index (χ0) is 18.6. The second-order valence-electron chi connectivity index (χ2n) is 7.34. The van der Waals surface area contributed by atoms with Crippen molar-refractivity contribution in [3.05, 3.63) is 41.9 Å². The summed E-state index contributed by atoms with van der Waals surface area (Å²) in [6.45, 7) is 1.38. The summed E-state index contributed by atoms with van der Waals surface area (Å²) in [7, 11) is 0. The van der Waals surface area contributed by atoms with Crippen LogP contribution in [0.3, 0.4) is 0 Å². The van der Waals surface area contributed by atoms with Gasteiger partial charge in [-0.25, -0.2) is 15.0 Å². The summed E-state index contributed by atoms with van der Waals surface area (Å²) in [5.41, 5.74) is 7.20. The van der Waals surface area contributed by atoms with E-state index < -0.39 is 0 Å². The van der Waals surface area contributed by atoms with E-state index in [0.717, 1.165) is 37.9 Å². The summed E-state index contributed by atoms with van der Waals surface area (Å²) in [6, 6.07) is 5.50. The molecule has 27 heavy (non-hydrogen) atoms. The Bertz CT molecular complexity index is 789. The number of hydrogen-bond acceptors (Lipinski definition) is 6. The molecule has 2 N–H and O–H groups in total. The number of nitrogens with zero attached hydrogens (tertiary/aromatic N) is 4. The maximum Gasteiger partial charge on any atom is 0.255 e. The van der Waals surface area contributed by atoms with E-state index in [1.807, 2.05) is 17.0 Å². The quantitative estimate of drug-likeness (QED) is 0.893. The summed E-state index contributed by atoms with van der Waals surface area (Å²) in [5, 5.41) is 0. The number of piperidine rings is 1. The van der Waals surface area contributed by atoms with E-state index in [1.54, 1.807) is 18.5 Å². The first kappa shape index (κ1) is 17.7. The number of likely N-dealkylation sites (tertiary alicyclic amines) is 1. The van der Waals surface area contributed by atoms with Crippen molar-refractivity contribution in [2.24, 2.45) is 0 Å². The van der Waals surface area contributed by atoms with Gasteiger partial charge in [0.15, 0.2) is 0 Å². The molecule has 2 aromatic heterocycles. The summed E-state index contributed by atoms with van der Waals surface area (Å²) in [5.74, 6) is 1.07. The van der Waals surface area contributed by atoms with Crippen molar-refractivity contribution in [2.45, 2.75) is 50.5 Å². The van der Waals surface area contributed by atoms with Gasteiger partial charge in [-0.2, -0.15) is 0 Å². The summed E-state index contributed by atoms with van der Waals surface area (Å²) < 4.78 is 5.88. The molecular weight excluding hydrogens is 342 g/mol. The molecule has 1 unspecified atom stereocenters. The van der Waals surface area contributed by atoms with Crippen LogP contribution in [0.5, 0.6) is 5.88 Å². The highest BCUT2D eigenvalue weighted by atomic mass is 16.5. The van der Waals surface area contributed by atoms with Crippen LogP contribution in [0.25, 0.3) is 0 Å². The summed E-state index contributed by atoms with van der Waals surface area (Å²) in [4.78, 5) is 27.4. The minimum atomic E-state index is 0.00152. The summed E-state index contributed by atoms with van der Waals surface area (Å²) >= 11 is 0. The highest BCUT2D eigenvalue weighted by molar-refractivity contribution is 5.94. The van der Waals surface area contributed by atoms with E-state index in [9.17, 15) is 4.79 Å².